The summed E-state index contributed by atoms with van der Waals surface area (Å²) in [5.74, 6) is -2.73. The minimum Gasteiger partial charge on any atom is -0.499 e. The highest BCUT2D eigenvalue weighted by Gasteiger charge is 2.29. The maximum Gasteiger partial charge on any atom is 0.328 e. The standard InChI is InChI=1S/C18H11Cl2NO5S/c19-9-3-8(4-10(20)6-9)7-1-2-11-12(5-7)27-18(26)13(15(11)22)16(23)14(21)17(24)25/h1-6,14,26H,21H2,(H,24,25). The summed E-state index contributed by atoms with van der Waals surface area (Å²) in [5.41, 5.74) is 5.29. The van der Waals surface area contributed by atoms with Crippen LogP contribution in [0.25, 0.3) is 21.2 Å². The van der Waals surface area contributed by atoms with E-state index in [4.69, 9.17) is 34.0 Å². The van der Waals surface area contributed by atoms with Crippen LogP contribution < -0.4 is 11.2 Å². The average Bonchev–Trinajstić information content (AvgIpc) is 2.59. The number of carbonyl (C=O) groups excluding carboxylic acids is 1. The zero-order valence-corrected chi connectivity index (χ0v) is 15.7. The second-order valence-corrected chi connectivity index (χ2v) is 7.56. The van der Waals surface area contributed by atoms with E-state index < -0.39 is 33.8 Å². The Hall–Kier alpha value is -2.45. The van der Waals surface area contributed by atoms with Crippen molar-refractivity contribution in [2.24, 2.45) is 5.73 Å². The highest BCUT2D eigenvalue weighted by molar-refractivity contribution is 7.20. The quantitative estimate of drug-likeness (QED) is 0.436. The first-order chi connectivity index (χ1) is 12.7. The number of hydrogen-bond acceptors (Lipinski definition) is 6. The molecule has 3 aromatic rings. The van der Waals surface area contributed by atoms with E-state index in [2.05, 4.69) is 0 Å². The van der Waals surface area contributed by atoms with Gasteiger partial charge in [-0.1, -0.05) is 40.6 Å². The average molecular weight is 424 g/mol. The van der Waals surface area contributed by atoms with E-state index >= 15 is 0 Å². The molecule has 138 valence electrons. The number of hydrogen-bond donors (Lipinski definition) is 3. The molecular weight excluding hydrogens is 413 g/mol. The van der Waals surface area contributed by atoms with Gasteiger partial charge in [-0.25, -0.2) is 0 Å². The zero-order chi connectivity index (χ0) is 19.9. The molecule has 0 spiro atoms. The van der Waals surface area contributed by atoms with Crippen molar-refractivity contribution >= 4 is 56.4 Å². The first kappa shape index (κ1) is 19.3. The van der Waals surface area contributed by atoms with Crippen LogP contribution in [0, 0.1) is 0 Å². The van der Waals surface area contributed by atoms with Crippen molar-refractivity contribution in [2.45, 2.75) is 6.04 Å². The molecule has 0 amide bonds. The molecule has 1 atom stereocenters. The zero-order valence-electron chi connectivity index (χ0n) is 13.4. The van der Waals surface area contributed by atoms with Gasteiger partial charge in [-0.15, -0.1) is 0 Å². The molecule has 0 aliphatic rings. The normalized spacial score (nSPS) is 12.1. The fraction of sp³-hybridized carbons (Fsp3) is 0.0556. The van der Waals surface area contributed by atoms with Crippen LogP contribution in [0.1, 0.15) is 10.4 Å². The minimum atomic E-state index is -1.93. The molecule has 4 N–H and O–H groups in total. The molecule has 2 aromatic carbocycles. The van der Waals surface area contributed by atoms with E-state index in [0.29, 0.717) is 25.9 Å². The Labute approximate surface area is 166 Å². The molecule has 0 bridgehead atoms. The van der Waals surface area contributed by atoms with Crippen LogP contribution in [0.4, 0.5) is 0 Å². The molecule has 0 saturated heterocycles. The summed E-state index contributed by atoms with van der Waals surface area (Å²) in [7, 11) is 0. The summed E-state index contributed by atoms with van der Waals surface area (Å²) >= 11 is 12.8. The van der Waals surface area contributed by atoms with Gasteiger partial charge in [0.25, 0.3) is 0 Å². The Bertz CT molecular complexity index is 1140. The largest absolute Gasteiger partial charge is 0.499 e. The summed E-state index contributed by atoms with van der Waals surface area (Å²) in [6, 6.07) is 7.82. The Morgan fingerprint density at radius 1 is 1.04 bits per heavy atom. The maximum absolute atomic E-state index is 12.6. The van der Waals surface area contributed by atoms with Gasteiger partial charge in [0.05, 0.1) is 0 Å². The van der Waals surface area contributed by atoms with Crippen molar-refractivity contribution in [1.82, 2.24) is 0 Å². The third-order valence-electron chi connectivity index (χ3n) is 3.86. The van der Waals surface area contributed by atoms with Crippen molar-refractivity contribution in [1.29, 1.82) is 0 Å². The van der Waals surface area contributed by atoms with Crippen LogP contribution in [0.3, 0.4) is 0 Å². The predicted octanol–water partition coefficient (Wildman–Crippen LogP) is 3.54. The van der Waals surface area contributed by atoms with Crippen molar-refractivity contribution in [3.05, 3.63) is 62.2 Å². The van der Waals surface area contributed by atoms with Gasteiger partial charge in [0, 0.05) is 20.1 Å². The SMILES string of the molecule is NC(C(=O)O)C(=O)c1c(O)sc2cc(-c3cc(Cl)cc(Cl)c3)ccc2c1=O. The number of fused-ring (bicyclic) bond motifs is 1. The van der Waals surface area contributed by atoms with Crippen molar-refractivity contribution in [3.63, 3.8) is 0 Å². The van der Waals surface area contributed by atoms with Gasteiger partial charge in [0.2, 0.25) is 5.43 Å². The molecule has 1 aromatic heterocycles. The highest BCUT2D eigenvalue weighted by atomic mass is 35.5. The fourth-order valence-electron chi connectivity index (χ4n) is 2.57. The Balaban J connectivity index is 2.18. The fourth-order valence-corrected chi connectivity index (χ4v) is 4.05. The van der Waals surface area contributed by atoms with Crippen LogP contribution in [-0.2, 0) is 4.79 Å². The van der Waals surface area contributed by atoms with Gasteiger partial charge in [-0.2, -0.15) is 0 Å². The van der Waals surface area contributed by atoms with Crippen molar-refractivity contribution in [3.8, 4) is 16.2 Å². The number of rotatable bonds is 4. The maximum atomic E-state index is 12.6. The van der Waals surface area contributed by atoms with Crippen molar-refractivity contribution in [2.75, 3.05) is 0 Å². The van der Waals surface area contributed by atoms with Gasteiger partial charge in [-0.3, -0.25) is 14.4 Å². The number of aromatic hydroxyl groups is 1. The number of Topliss-reactive ketones (excluding diaryl/α,β-unsaturated/α-hetero) is 1. The van der Waals surface area contributed by atoms with Crippen LogP contribution >= 0.6 is 34.5 Å². The van der Waals surface area contributed by atoms with Gasteiger partial charge in [0.15, 0.2) is 16.9 Å². The van der Waals surface area contributed by atoms with Crippen LogP contribution in [0.2, 0.25) is 10.0 Å². The molecule has 0 radical (unpaired) electrons. The molecule has 3 rings (SSSR count). The lowest BCUT2D eigenvalue weighted by molar-refractivity contribution is -0.137. The van der Waals surface area contributed by atoms with E-state index in [0.717, 1.165) is 11.3 Å². The molecule has 0 fully saturated rings. The third-order valence-corrected chi connectivity index (χ3v) is 5.26. The van der Waals surface area contributed by atoms with E-state index in [1.165, 1.54) is 6.07 Å². The molecule has 9 heteroatoms. The van der Waals surface area contributed by atoms with Gasteiger partial charge >= 0.3 is 5.97 Å². The number of aliphatic carboxylic acids is 1. The van der Waals surface area contributed by atoms with Crippen molar-refractivity contribution < 1.29 is 19.8 Å². The molecule has 0 saturated carbocycles. The molecule has 0 aliphatic carbocycles. The number of carbonyl (C=O) groups is 2. The first-order valence-electron chi connectivity index (χ1n) is 7.48. The number of nitrogens with two attached hydrogens (primary N) is 1. The number of ketones is 1. The molecule has 6 nitrogen and oxygen atoms in total. The Kier molecular flexibility index (Phi) is 5.21. The number of carboxylic acids is 1. The number of benzene rings is 2. The van der Waals surface area contributed by atoms with Crippen LogP contribution in [0.5, 0.6) is 5.06 Å². The van der Waals surface area contributed by atoms with Gasteiger partial charge in [0.1, 0.15) is 5.56 Å². The number of carboxylic acid groups (broad SMARTS) is 1. The van der Waals surface area contributed by atoms with Gasteiger partial charge in [-0.05, 0) is 41.5 Å². The smallest absolute Gasteiger partial charge is 0.328 e. The number of halogens is 2. The molecule has 27 heavy (non-hydrogen) atoms. The highest BCUT2D eigenvalue weighted by Crippen LogP contribution is 2.33. The lowest BCUT2D eigenvalue weighted by Crippen LogP contribution is -2.40. The molecule has 1 unspecified atom stereocenters. The topological polar surface area (TPSA) is 118 Å². The van der Waals surface area contributed by atoms with Crippen LogP contribution in [0.15, 0.2) is 41.2 Å². The van der Waals surface area contributed by atoms with E-state index in [1.807, 2.05) is 0 Å². The summed E-state index contributed by atoms with van der Waals surface area (Å²) < 4.78 is 0.409. The summed E-state index contributed by atoms with van der Waals surface area (Å²) in [6.07, 6.45) is 0. The summed E-state index contributed by atoms with van der Waals surface area (Å²) in [4.78, 5) is 35.7. The van der Waals surface area contributed by atoms with E-state index in [9.17, 15) is 19.5 Å². The van der Waals surface area contributed by atoms with Gasteiger partial charge < -0.3 is 15.9 Å². The van der Waals surface area contributed by atoms with E-state index in [-0.39, 0.29) is 5.39 Å². The third kappa shape index (κ3) is 3.68. The lowest BCUT2D eigenvalue weighted by atomic mass is 10.0. The molecular formula is C18H11Cl2NO5S. The molecule has 0 aliphatic heterocycles. The first-order valence-corrected chi connectivity index (χ1v) is 9.05. The monoisotopic (exact) mass is 423 g/mol. The summed E-state index contributed by atoms with van der Waals surface area (Å²) in [6.45, 7) is 0. The van der Waals surface area contributed by atoms with Crippen LogP contribution in [-0.4, -0.2) is 28.0 Å². The summed E-state index contributed by atoms with van der Waals surface area (Å²) in [5, 5.41) is 19.5. The lowest BCUT2D eigenvalue weighted by Gasteiger charge is -2.09. The predicted molar refractivity (Wildman–Crippen MR) is 105 cm³/mol. The Morgan fingerprint density at radius 2 is 1.67 bits per heavy atom. The second kappa shape index (κ2) is 7.28. The Morgan fingerprint density at radius 3 is 2.26 bits per heavy atom. The molecule has 1 heterocycles. The second-order valence-electron chi connectivity index (χ2n) is 5.66. The minimum absolute atomic E-state index is 0.163. The van der Waals surface area contributed by atoms with E-state index in [1.54, 1.807) is 30.3 Å².